The smallest absolute Gasteiger partial charge is 0.348 e. The molecule has 1 aromatic carbocycles. The van der Waals surface area contributed by atoms with Gasteiger partial charge in [-0.3, -0.25) is 0 Å². The average molecular weight is 334 g/mol. The maximum absolute atomic E-state index is 12.1. The summed E-state index contributed by atoms with van der Waals surface area (Å²) < 4.78 is 21.4. The zero-order chi connectivity index (χ0) is 17.9. The van der Waals surface area contributed by atoms with E-state index in [9.17, 15) is 9.59 Å². The van der Waals surface area contributed by atoms with Crippen LogP contribution >= 0.6 is 0 Å². The maximum atomic E-state index is 12.1. The molecule has 0 bridgehead atoms. The Morgan fingerprint density at radius 1 is 1.21 bits per heavy atom. The predicted octanol–water partition coefficient (Wildman–Crippen LogP) is 3.09. The third-order valence-electron chi connectivity index (χ3n) is 3.54. The molecule has 1 unspecified atom stereocenters. The van der Waals surface area contributed by atoms with Gasteiger partial charge in [0.05, 0.1) is 13.2 Å². The fraction of sp³-hybridized carbons (Fsp3) is 0.444. The number of carbonyl (C=O) groups excluding carboxylic acids is 2. The number of hydrogen-bond donors (Lipinski definition) is 0. The number of ether oxygens (including phenoxy) is 4. The van der Waals surface area contributed by atoms with Gasteiger partial charge in [0.15, 0.2) is 11.5 Å². The van der Waals surface area contributed by atoms with Gasteiger partial charge in [-0.2, -0.15) is 0 Å². The topological polar surface area (TPSA) is 71.1 Å². The van der Waals surface area contributed by atoms with Crippen molar-refractivity contribution in [3.8, 4) is 11.5 Å². The minimum absolute atomic E-state index is 0.0531. The highest BCUT2D eigenvalue weighted by molar-refractivity contribution is 6.19. The third kappa shape index (κ3) is 3.88. The van der Waals surface area contributed by atoms with Gasteiger partial charge in [0.1, 0.15) is 5.57 Å². The first-order valence-electron chi connectivity index (χ1n) is 7.79. The van der Waals surface area contributed by atoms with E-state index >= 15 is 0 Å². The zero-order valence-electron chi connectivity index (χ0n) is 14.5. The number of cyclic esters (lactones) is 2. The molecule has 2 rings (SSSR count). The molecule has 1 heterocycles. The van der Waals surface area contributed by atoms with E-state index in [4.69, 9.17) is 18.9 Å². The normalized spacial score (nSPS) is 17.6. The van der Waals surface area contributed by atoms with Crippen LogP contribution in [0, 0.1) is 0 Å². The van der Waals surface area contributed by atoms with Gasteiger partial charge in [-0.1, -0.05) is 19.1 Å². The Labute approximate surface area is 141 Å². The van der Waals surface area contributed by atoms with Crippen molar-refractivity contribution in [3.63, 3.8) is 0 Å². The number of esters is 2. The number of carbonyl (C=O) groups is 2. The second-order valence-corrected chi connectivity index (χ2v) is 5.95. The molecule has 0 N–H and O–H groups in total. The van der Waals surface area contributed by atoms with Crippen LogP contribution in [0.1, 0.15) is 39.7 Å². The lowest BCUT2D eigenvalue weighted by Crippen LogP contribution is -2.41. The first-order chi connectivity index (χ1) is 11.3. The minimum atomic E-state index is -1.27. The summed E-state index contributed by atoms with van der Waals surface area (Å²) in [7, 11) is 1.53. The summed E-state index contributed by atoms with van der Waals surface area (Å²) in [6.07, 6.45) is 2.15. The average Bonchev–Trinajstić information content (AvgIpc) is 2.50. The molecule has 0 radical (unpaired) electrons. The van der Waals surface area contributed by atoms with E-state index in [1.165, 1.54) is 27.0 Å². The molecule has 24 heavy (non-hydrogen) atoms. The second kappa shape index (κ2) is 6.95. The van der Waals surface area contributed by atoms with Crippen molar-refractivity contribution in [1.82, 2.24) is 0 Å². The maximum Gasteiger partial charge on any atom is 0.348 e. The fourth-order valence-corrected chi connectivity index (χ4v) is 2.15. The first-order valence-corrected chi connectivity index (χ1v) is 7.79. The van der Waals surface area contributed by atoms with Crippen molar-refractivity contribution in [2.24, 2.45) is 0 Å². The van der Waals surface area contributed by atoms with Gasteiger partial charge in [-0.05, 0) is 25.5 Å². The van der Waals surface area contributed by atoms with Crippen molar-refractivity contribution in [3.05, 3.63) is 29.3 Å². The molecule has 0 aliphatic carbocycles. The molecule has 1 aliphatic heterocycles. The Bertz CT molecular complexity index is 652. The zero-order valence-corrected chi connectivity index (χ0v) is 14.5. The summed E-state index contributed by atoms with van der Waals surface area (Å²) in [6, 6.07) is 5.23. The number of rotatable bonds is 5. The van der Waals surface area contributed by atoms with Crippen molar-refractivity contribution in [1.29, 1.82) is 0 Å². The molecule has 1 aromatic rings. The van der Waals surface area contributed by atoms with Crippen LogP contribution in [0.15, 0.2) is 23.8 Å². The van der Waals surface area contributed by atoms with E-state index in [0.29, 0.717) is 17.1 Å². The SMILES string of the molecule is CCC(C)Oc1c(C=C2C(=O)OC(C)(C)OC2=O)cccc1OC. The van der Waals surface area contributed by atoms with Gasteiger partial charge in [-0.25, -0.2) is 9.59 Å². The predicted molar refractivity (Wildman–Crippen MR) is 87.6 cm³/mol. The third-order valence-corrected chi connectivity index (χ3v) is 3.54. The van der Waals surface area contributed by atoms with E-state index in [1.54, 1.807) is 18.2 Å². The molecule has 0 aromatic heterocycles. The lowest BCUT2D eigenvalue weighted by Gasteiger charge is -2.29. The fourth-order valence-electron chi connectivity index (χ4n) is 2.15. The number of benzene rings is 1. The molecule has 0 saturated carbocycles. The molecule has 0 amide bonds. The Balaban J connectivity index is 2.45. The molecular formula is C18H22O6. The Morgan fingerprint density at radius 2 is 1.83 bits per heavy atom. The molecular weight excluding hydrogens is 312 g/mol. The van der Waals surface area contributed by atoms with Gasteiger partial charge < -0.3 is 18.9 Å². The number of methoxy groups -OCH3 is 1. The van der Waals surface area contributed by atoms with Crippen molar-refractivity contribution in [2.75, 3.05) is 7.11 Å². The Hall–Kier alpha value is -2.50. The van der Waals surface area contributed by atoms with Gasteiger partial charge in [0.2, 0.25) is 0 Å². The molecule has 0 spiro atoms. The summed E-state index contributed by atoms with van der Waals surface area (Å²) in [4.78, 5) is 24.2. The Kier molecular flexibility index (Phi) is 5.17. The molecule has 6 nitrogen and oxygen atoms in total. The van der Waals surface area contributed by atoms with Crippen LogP contribution in [-0.2, 0) is 19.1 Å². The summed E-state index contributed by atoms with van der Waals surface area (Å²) in [5, 5.41) is 0. The Morgan fingerprint density at radius 3 is 2.38 bits per heavy atom. The lowest BCUT2D eigenvalue weighted by atomic mass is 10.1. The van der Waals surface area contributed by atoms with Gasteiger partial charge >= 0.3 is 11.9 Å². The molecule has 130 valence electrons. The summed E-state index contributed by atoms with van der Waals surface area (Å²) in [5.41, 5.74) is 0.356. The summed E-state index contributed by atoms with van der Waals surface area (Å²) in [6.45, 7) is 6.93. The highest BCUT2D eigenvalue weighted by Crippen LogP contribution is 2.35. The largest absolute Gasteiger partial charge is 0.493 e. The molecule has 6 heteroatoms. The monoisotopic (exact) mass is 334 g/mol. The highest BCUT2D eigenvalue weighted by atomic mass is 16.7. The lowest BCUT2D eigenvalue weighted by molar-refractivity contribution is -0.222. The van der Waals surface area contributed by atoms with Crippen LogP contribution < -0.4 is 9.47 Å². The van der Waals surface area contributed by atoms with E-state index in [1.807, 2.05) is 13.8 Å². The van der Waals surface area contributed by atoms with Crippen molar-refractivity contribution < 1.29 is 28.5 Å². The van der Waals surface area contributed by atoms with Gasteiger partial charge in [0.25, 0.3) is 5.79 Å². The van der Waals surface area contributed by atoms with E-state index in [2.05, 4.69) is 0 Å². The van der Waals surface area contributed by atoms with Crippen LogP contribution in [0.4, 0.5) is 0 Å². The summed E-state index contributed by atoms with van der Waals surface area (Å²) in [5.74, 6) is -1.74. The van der Waals surface area contributed by atoms with Crippen molar-refractivity contribution in [2.45, 2.75) is 46.0 Å². The molecule has 1 saturated heterocycles. The van der Waals surface area contributed by atoms with Crippen LogP contribution in [0.25, 0.3) is 6.08 Å². The van der Waals surface area contributed by atoms with E-state index < -0.39 is 17.7 Å². The van der Waals surface area contributed by atoms with Gasteiger partial charge in [0, 0.05) is 19.4 Å². The van der Waals surface area contributed by atoms with Crippen LogP contribution in [0.3, 0.4) is 0 Å². The molecule has 1 atom stereocenters. The van der Waals surface area contributed by atoms with Crippen LogP contribution in [0.2, 0.25) is 0 Å². The number of para-hydroxylation sites is 1. The highest BCUT2D eigenvalue weighted by Gasteiger charge is 2.39. The van der Waals surface area contributed by atoms with E-state index in [0.717, 1.165) is 6.42 Å². The van der Waals surface area contributed by atoms with Crippen molar-refractivity contribution >= 4 is 18.0 Å². The van der Waals surface area contributed by atoms with Crippen LogP contribution in [-0.4, -0.2) is 30.9 Å². The first kappa shape index (κ1) is 17.8. The number of hydrogen-bond acceptors (Lipinski definition) is 6. The summed E-state index contributed by atoms with van der Waals surface area (Å²) >= 11 is 0. The second-order valence-electron chi connectivity index (χ2n) is 5.95. The molecule has 1 fully saturated rings. The van der Waals surface area contributed by atoms with Gasteiger partial charge in [-0.15, -0.1) is 0 Å². The van der Waals surface area contributed by atoms with E-state index in [-0.39, 0.29) is 11.7 Å². The molecule has 1 aliphatic rings. The quantitative estimate of drug-likeness (QED) is 0.468. The van der Waals surface area contributed by atoms with Crippen LogP contribution in [0.5, 0.6) is 11.5 Å². The standard InChI is InChI=1S/C18H22O6/c1-6-11(2)22-15-12(8-7-9-14(15)21-5)10-13-16(19)23-18(3,4)24-17(13)20/h7-11H,6H2,1-5H3. The minimum Gasteiger partial charge on any atom is -0.493 e.